The van der Waals surface area contributed by atoms with Gasteiger partial charge in [-0.15, -0.1) is 0 Å². The van der Waals surface area contributed by atoms with Gasteiger partial charge in [0, 0.05) is 32.5 Å². The van der Waals surface area contributed by atoms with E-state index in [9.17, 15) is 4.79 Å². The SMILES string of the molecule is COCCN1C[C@@H](c2ccc(OC)c(OC3CCCC3)c2)CC1=O. The summed E-state index contributed by atoms with van der Waals surface area (Å²) in [7, 11) is 3.33. The van der Waals surface area contributed by atoms with Crippen molar-refractivity contribution < 1.29 is 19.0 Å². The fraction of sp³-hybridized carbons (Fsp3) is 0.632. The maximum atomic E-state index is 12.2. The van der Waals surface area contributed by atoms with Crippen LogP contribution in [0.2, 0.25) is 0 Å². The van der Waals surface area contributed by atoms with Crippen LogP contribution in [-0.2, 0) is 9.53 Å². The monoisotopic (exact) mass is 333 g/mol. The molecule has 3 rings (SSSR count). The fourth-order valence-corrected chi connectivity index (χ4v) is 3.64. The van der Waals surface area contributed by atoms with Crippen molar-refractivity contribution in [2.45, 2.75) is 44.1 Å². The molecule has 5 nitrogen and oxygen atoms in total. The van der Waals surface area contributed by atoms with Crippen LogP contribution in [0.4, 0.5) is 0 Å². The van der Waals surface area contributed by atoms with Gasteiger partial charge in [-0.3, -0.25) is 4.79 Å². The summed E-state index contributed by atoms with van der Waals surface area (Å²) in [5.74, 6) is 1.99. The van der Waals surface area contributed by atoms with Crippen molar-refractivity contribution >= 4 is 5.91 Å². The highest BCUT2D eigenvalue weighted by molar-refractivity contribution is 5.79. The Bertz CT molecular complexity index is 568. The Hall–Kier alpha value is -1.75. The van der Waals surface area contributed by atoms with Gasteiger partial charge in [0.15, 0.2) is 11.5 Å². The minimum atomic E-state index is 0.200. The first-order chi connectivity index (χ1) is 11.7. The zero-order valence-electron chi connectivity index (χ0n) is 14.6. The number of carbonyl (C=O) groups excluding carboxylic acids is 1. The molecule has 1 amide bonds. The topological polar surface area (TPSA) is 48.0 Å². The molecule has 1 saturated carbocycles. The van der Waals surface area contributed by atoms with Crippen LogP contribution in [0.15, 0.2) is 18.2 Å². The lowest BCUT2D eigenvalue weighted by atomic mass is 9.98. The van der Waals surface area contributed by atoms with Crippen LogP contribution in [0.3, 0.4) is 0 Å². The molecular weight excluding hydrogens is 306 g/mol. The van der Waals surface area contributed by atoms with E-state index in [1.165, 1.54) is 12.8 Å². The highest BCUT2D eigenvalue weighted by atomic mass is 16.5. The highest BCUT2D eigenvalue weighted by Crippen LogP contribution is 2.36. The first-order valence-electron chi connectivity index (χ1n) is 8.82. The normalized spacial score (nSPS) is 21.5. The van der Waals surface area contributed by atoms with Gasteiger partial charge in [0.2, 0.25) is 5.91 Å². The molecule has 1 atom stereocenters. The largest absolute Gasteiger partial charge is 0.493 e. The summed E-state index contributed by atoms with van der Waals surface area (Å²) in [6.45, 7) is 1.99. The summed E-state index contributed by atoms with van der Waals surface area (Å²) in [5, 5.41) is 0. The smallest absolute Gasteiger partial charge is 0.223 e. The van der Waals surface area contributed by atoms with E-state index in [1.807, 2.05) is 11.0 Å². The predicted molar refractivity (Wildman–Crippen MR) is 91.7 cm³/mol. The second-order valence-corrected chi connectivity index (χ2v) is 6.67. The number of carbonyl (C=O) groups is 1. The zero-order valence-corrected chi connectivity index (χ0v) is 14.6. The molecule has 24 heavy (non-hydrogen) atoms. The van der Waals surface area contributed by atoms with Crippen molar-refractivity contribution in [3.8, 4) is 11.5 Å². The van der Waals surface area contributed by atoms with Gasteiger partial charge in [-0.05, 0) is 43.4 Å². The van der Waals surface area contributed by atoms with Crippen molar-refractivity contribution in [3.05, 3.63) is 23.8 Å². The minimum absolute atomic E-state index is 0.200. The third kappa shape index (κ3) is 3.83. The van der Waals surface area contributed by atoms with E-state index in [0.29, 0.717) is 19.6 Å². The van der Waals surface area contributed by atoms with Gasteiger partial charge < -0.3 is 19.1 Å². The minimum Gasteiger partial charge on any atom is -0.493 e. The first kappa shape index (κ1) is 17.1. The number of hydrogen-bond donors (Lipinski definition) is 0. The lowest BCUT2D eigenvalue weighted by Crippen LogP contribution is -2.28. The Balaban J connectivity index is 1.72. The summed E-state index contributed by atoms with van der Waals surface area (Å²) in [6, 6.07) is 6.08. The summed E-state index contributed by atoms with van der Waals surface area (Å²) in [6.07, 6.45) is 5.54. The Labute approximate surface area is 143 Å². The van der Waals surface area contributed by atoms with E-state index in [1.54, 1.807) is 14.2 Å². The van der Waals surface area contributed by atoms with Crippen LogP contribution < -0.4 is 9.47 Å². The lowest BCUT2D eigenvalue weighted by Gasteiger charge is -2.19. The second kappa shape index (κ2) is 7.88. The van der Waals surface area contributed by atoms with Crippen LogP contribution in [0.5, 0.6) is 11.5 Å². The standard InChI is InChI=1S/C19H27NO4/c1-22-10-9-20-13-15(12-19(20)21)14-7-8-17(23-2)18(11-14)24-16-5-3-4-6-16/h7-8,11,15-16H,3-6,9-10,12-13H2,1-2H3/t15-/m0/s1. The molecule has 1 aromatic carbocycles. The molecule has 1 aliphatic heterocycles. The van der Waals surface area contributed by atoms with Crippen LogP contribution in [0.1, 0.15) is 43.6 Å². The van der Waals surface area contributed by atoms with Crippen LogP contribution in [0, 0.1) is 0 Å². The van der Waals surface area contributed by atoms with Crippen molar-refractivity contribution in [2.24, 2.45) is 0 Å². The van der Waals surface area contributed by atoms with E-state index >= 15 is 0 Å². The zero-order chi connectivity index (χ0) is 16.9. The van der Waals surface area contributed by atoms with E-state index in [4.69, 9.17) is 14.2 Å². The number of methoxy groups -OCH3 is 2. The fourth-order valence-electron chi connectivity index (χ4n) is 3.64. The quantitative estimate of drug-likeness (QED) is 0.770. The van der Waals surface area contributed by atoms with Crippen LogP contribution >= 0.6 is 0 Å². The van der Waals surface area contributed by atoms with Crippen LogP contribution in [-0.4, -0.2) is 50.8 Å². The summed E-state index contributed by atoms with van der Waals surface area (Å²) < 4.78 is 16.7. The van der Waals surface area contributed by atoms with Gasteiger partial charge in [0.05, 0.1) is 19.8 Å². The van der Waals surface area contributed by atoms with Crippen molar-refractivity contribution in [1.29, 1.82) is 0 Å². The summed E-state index contributed by atoms with van der Waals surface area (Å²) in [4.78, 5) is 14.0. The van der Waals surface area contributed by atoms with Crippen molar-refractivity contribution in [1.82, 2.24) is 4.90 Å². The maximum Gasteiger partial charge on any atom is 0.223 e. The molecule has 5 heteroatoms. The second-order valence-electron chi connectivity index (χ2n) is 6.67. The molecule has 1 saturated heterocycles. The number of ether oxygens (including phenoxy) is 3. The third-order valence-corrected chi connectivity index (χ3v) is 5.03. The van der Waals surface area contributed by atoms with Gasteiger partial charge in [-0.1, -0.05) is 6.07 Å². The Morgan fingerprint density at radius 3 is 2.67 bits per heavy atom. The number of nitrogens with zero attached hydrogens (tertiary/aromatic N) is 1. The Kier molecular flexibility index (Phi) is 5.61. The van der Waals surface area contributed by atoms with Gasteiger partial charge in [0.25, 0.3) is 0 Å². The summed E-state index contributed by atoms with van der Waals surface area (Å²) in [5.41, 5.74) is 1.15. The molecular formula is C19H27NO4. The van der Waals surface area contributed by atoms with E-state index in [0.717, 1.165) is 36.4 Å². The number of amides is 1. The number of hydrogen-bond acceptors (Lipinski definition) is 4. The number of benzene rings is 1. The lowest BCUT2D eigenvalue weighted by molar-refractivity contribution is -0.128. The van der Waals surface area contributed by atoms with Gasteiger partial charge in [0.1, 0.15) is 0 Å². The molecule has 1 heterocycles. The molecule has 132 valence electrons. The molecule has 0 unspecified atom stereocenters. The third-order valence-electron chi connectivity index (χ3n) is 5.03. The molecule has 0 bridgehead atoms. The van der Waals surface area contributed by atoms with Gasteiger partial charge >= 0.3 is 0 Å². The Morgan fingerprint density at radius 1 is 1.17 bits per heavy atom. The molecule has 1 aliphatic carbocycles. The van der Waals surface area contributed by atoms with Crippen LogP contribution in [0.25, 0.3) is 0 Å². The molecule has 1 aromatic rings. The molecule has 0 N–H and O–H groups in total. The van der Waals surface area contributed by atoms with E-state index in [-0.39, 0.29) is 17.9 Å². The molecule has 0 aromatic heterocycles. The predicted octanol–water partition coefficient (Wildman–Crippen LogP) is 2.98. The Morgan fingerprint density at radius 2 is 1.96 bits per heavy atom. The average Bonchev–Trinajstić information content (AvgIpc) is 3.22. The molecule has 2 aliphatic rings. The molecule has 2 fully saturated rings. The maximum absolute atomic E-state index is 12.2. The van der Waals surface area contributed by atoms with Gasteiger partial charge in [-0.25, -0.2) is 0 Å². The summed E-state index contributed by atoms with van der Waals surface area (Å²) >= 11 is 0. The highest BCUT2D eigenvalue weighted by Gasteiger charge is 2.31. The molecule has 0 radical (unpaired) electrons. The van der Waals surface area contributed by atoms with Crippen molar-refractivity contribution in [3.63, 3.8) is 0 Å². The average molecular weight is 333 g/mol. The molecule has 0 spiro atoms. The first-order valence-corrected chi connectivity index (χ1v) is 8.82. The van der Waals surface area contributed by atoms with E-state index < -0.39 is 0 Å². The number of rotatable bonds is 7. The van der Waals surface area contributed by atoms with Gasteiger partial charge in [-0.2, -0.15) is 0 Å². The van der Waals surface area contributed by atoms with E-state index in [2.05, 4.69) is 12.1 Å². The van der Waals surface area contributed by atoms with Crippen molar-refractivity contribution in [2.75, 3.05) is 33.9 Å². The number of likely N-dealkylation sites (tertiary alicyclic amines) is 1.